The van der Waals surface area contributed by atoms with E-state index >= 15 is 0 Å². The van der Waals surface area contributed by atoms with Crippen molar-refractivity contribution in [2.75, 3.05) is 31.1 Å². The third-order valence-corrected chi connectivity index (χ3v) is 10.5. The molecule has 3 aliphatic rings. The zero-order valence-electron chi connectivity index (χ0n) is 26.2. The number of hydrogen-bond donors (Lipinski definition) is 1. The van der Waals surface area contributed by atoms with Gasteiger partial charge in [0.15, 0.2) is 6.61 Å². The summed E-state index contributed by atoms with van der Waals surface area (Å²) in [6, 6.07) is 11.5. The molecule has 3 atom stereocenters. The van der Waals surface area contributed by atoms with Gasteiger partial charge in [-0.15, -0.1) is 0 Å². The minimum atomic E-state index is -0.734. The van der Waals surface area contributed by atoms with Crippen molar-refractivity contribution in [3.63, 3.8) is 0 Å². The molecule has 1 saturated carbocycles. The van der Waals surface area contributed by atoms with E-state index < -0.39 is 17.5 Å². The summed E-state index contributed by atoms with van der Waals surface area (Å²) < 4.78 is 5.32. The first-order chi connectivity index (χ1) is 20.5. The van der Waals surface area contributed by atoms with Crippen LogP contribution in [0.3, 0.4) is 0 Å². The van der Waals surface area contributed by atoms with Crippen LogP contribution in [0.15, 0.2) is 36.4 Å². The highest BCUT2D eigenvalue weighted by atomic mass is 16.6. The van der Waals surface area contributed by atoms with Crippen LogP contribution in [0.2, 0.25) is 0 Å². The molecule has 1 N–H and O–H groups in total. The van der Waals surface area contributed by atoms with E-state index in [4.69, 9.17) is 4.74 Å². The summed E-state index contributed by atoms with van der Waals surface area (Å²) >= 11 is 0. The molecule has 2 fully saturated rings. The summed E-state index contributed by atoms with van der Waals surface area (Å²) in [7, 11) is 0. The fourth-order valence-corrected chi connectivity index (χ4v) is 8.16. The highest BCUT2D eigenvalue weighted by Crippen LogP contribution is 2.57. The van der Waals surface area contributed by atoms with Gasteiger partial charge in [-0.25, -0.2) is 4.79 Å². The van der Waals surface area contributed by atoms with Crippen molar-refractivity contribution in [3.8, 4) is 0 Å². The Morgan fingerprint density at radius 1 is 1.05 bits per heavy atom. The molecule has 0 bridgehead atoms. The van der Waals surface area contributed by atoms with E-state index in [1.54, 1.807) is 12.1 Å². The molecule has 2 aromatic rings. The third-order valence-electron chi connectivity index (χ3n) is 10.5. The monoisotopic (exact) mass is 589 g/mol. The van der Waals surface area contributed by atoms with Crippen molar-refractivity contribution in [3.05, 3.63) is 68.8 Å². The zero-order chi connectivity index (χ0) is 30.8. The highest BCUT2D eigenvalue weighted by Gasteiger charge is 2.51. The number of hydrogen-bond acceptors (Lipinski definition) is 6. The van der Waals surface area contributed by atoms with Crippen LogP contribution < -0.4 is 10.2 Å². The first-order valence-corrected chi connectivity index (χ1v) is 16.1. The fraction of sp³-hybridized carbons (Fsp3) is 0.600. The van der Waals surface area contributed by atoms with Gasteiger partial charge in [-0.05, 0) is 90.0 Å². The van der Waals surface area contributed by atoms with Crippen LogP contribution in [0.25, 0.3) is 0 Å². The lowest BCUT2D eigenvalue weighted by molar-refractivity contribution is -0.384. The number of nitrogens with zero attached hydrogens (tertiary/aromatic N) is 2. The van der Waals surface area contributed by atoms with E-state index in [1.807, 2.05) is 4.90 Å². The van der Waals surface area contributed by atoms with Gasteiger partial charge in [0.05, 0.1) is 10.5 Å². The van der Waals surface area contributed by atoms with Gasteiger partial charge in [0.2, 0.25) is 0 Å². The number of amides is 1. The third kappa shape index (κ3) is 6.43. The normalized spacial score (nSPS) is 25.3. The zero-order valence-corrected chi connectivity index (χ0v) is 26.2. The van der Waals surface area contributed by atoms with Crippen LogP contribution in [0.4, 0.5) is 11.4 Å². The van der Waals surface area contributed by atoms with E-state index in [9.17, 15) is 19.7 Å². The van der Waals surface area contributed by atoms with Gasteiger partial charge in [-0.1, -0.05) is 65.2 Å². The van der Waals surface area contributed by atoms with Gasteiger partial charge in [-0.3, -0.25) is 14.9 Å². The number of nitro groups is 1. The average Bonchev–Trinajstić information content (AvgIpc) is 3.28. The van der Waals surface area contributed by atoms with Crippen LogP contribution in [-0.2, 0) is 21.4 Å². The molecule has 1 aliphatic heterocycles. The molecule has 1 amide bonds. The fourth-order valence-electron chi connectivity index (χ4n) is 8.16. The van der Waals surface area contributed by atoms with Gasteiger partial charge < -0.3 is 15.0 Å². The smallest absolute Gasteiger partial charge is 0.338 e. The highest BCUT2D eigenvalue weighted by molar-refractivity contribution is 5.93. The van der Waals surface area contributed by atoms with Crippen LogP contribution in [0.1, 0.15) is 112 Å². The molecule has 0 radical (unpaired) electrons. The first-order valence-electron chi connectivity index (χ1n) is 16.1. The Morgan fingerprint density at radius 3 is 2.49 bits per heavy atom. The molecule has 1 heterocycles. The second kappa shape index (κ2) is 12.7. The molecule has 8 heteroatoms. The van der Waals surface area contributed by atoms with Crippen LogP contribution in [-0.4, -0.2) is 43.0 Å². The number of rotatable bonds is 8. The van der Waals surface area contributed by atoms with Crippen molar-refractivity contribution in [2.24, 2.45) is 11.3 Å². The Bertz CT molecular complexity index is 1370. The van der Waals surface area contributed by atoms with Crippen molar-refractivity contribution in [1.82, 2.24) is 5.32 Å². The van der Waals surface area contributed by atoms with E-state index in [0.717, 1.165) is 70.9 Å². The number of esters is 1. The molecule has 5 rings (SSSR count). The van der Waals surface area contributed by atoms with Gasteiger partial charge in [0.1, 0.15) is 5.69 Å². The summed E-state index contributed by atoms with van der Waals surface area (Å²) in [6.45, 7) is 10.8. The van der Waals surface area contributed by atoms with Crippen LogP contribution >= 0.6 is 0 Å². The summed E-state index contributed by atoms with van der Waals surface area (Å²) in [5.41, 5.74) is 4.84. The molecule has 232 valence electrons. The first kappa shape index (κ1) is 31.0. The summed E-state index contributed by atoms with van der Waals surface area (Å²) in [5.74, 6) is -0.134. The minimum Gasteiger partial charge on any atom is -0.452 e. The van der Waals surface area contributed by atoms with Crippen molar-refractivity contribution < 1.29 is 19.2 Å². The van der Waals surface area contributed by atoms with E-state index in [0.29, 0.717) is 24.1 Å². The van der Waals surface area contributed by atoms with Gasteiger partial charge in [0, 0.05) is 25.7 Å². The number of carbonyl (C=O) groups is 2. The Labute approximate surface area is 255 Å². The molecule has 0 aromatic heterocycles. The standard InChI is InChI=1S/C35H47N3O5/c1-24(2)25-10-13-28-26(20-25)12-15-31-34(3,16-9-17-35(28,31)4)23-36-32(39)22-43-33(40)27-11-14-29(30(21-27)38(41)42)37-18-7-5-6-8-19-37/h10-11,13-14,20-21,24,31H,5-9,12,15-19,22-23H2,1-4H3,(H,36,39). The lowest BCUT2D eigenvalue weighted by Gasteiger charge is -2.55. The summed E-state index contributed by atoms with van der Waals surface area (Å²) in [5, 5.41) is 14.9. The number of aryl methyl sites for hydroxylation is 1. The molecule has 2 aliphatic carbocycles. The van der Waals surface area contributed by atoms with E-state index in [1.165, 1.54) is 22.8 Å². The van der Waals surface area contributed by atoms with Gasteiger partial charge >= 0.3 is 5.97 Å². The van der Waals surface area contributed by atoms with Crippen LogP contribution in [0, 0.1) is 21.4 Å². The van der Waals surface area contributed by atoms with Gasteiger partial charge in [0.25, 0.3) is 11.6 Å². The molecule has 8 nitrogen and oxygen atoms in total. The van der Waals surface area contributed by atoms with Gasteiger partial charge in [-0.2, -0.15) is 0 Å². The molecular formula is C35H47N3O5. The summed E-state index contributed by atoms with van der Waals surface area (Å²) in [6.07, 6.45) is 9.65. The largest absolute Gasteiger partial charge is 0.452 e. The predicted molar refractivity (Wildman–Crippen MR) is 169 cm³/mol. The number of fused-ring (bicyclic) bond motifs is 3. The molecule has 43 heavy (non-hydrogen) atoms. The second-order valence-electron chi connectivity index (χ2n) is 13.8. The molecule has 0 spiro atoms. The second-order valence-corrected chi connectivity index (χ2v) is 13.8. The van der Waals surface area contributed by atoms with E-state index in [-0.39, 0.29) is 28.0 Å². The molecular weight excluding hydrogens is 542 g/mol. The Morgan fingerprint density at radius 2 is 1.79 bits per heavy atom. The SMILES string of the molecule is CC(C)c1ccc2c(c1)CCC1C(C)(CNC(=O)COC(=O)c3ccc(N4CCCCCC4)c([N+](=O)[O-])c3)CCCC21C. The maximum absolute atomic E-state index is 12.9. The van der Waals surface area contributed by atoms with Crippen LogP contribution in [0.5, 0.6) is 0 Å². The quantitative estimate of drug-likeness (QED) is 0.201. The number of carbonyl (C=O) groups excluding carboxylic acids is 2. The number of anilines is 1. The Kier molecular flexibility index (Phi) is 9.14. The number of nitrogens with one attached hydrogen (secondary N) is 1. The number of ether oxygens (including phenoxy) is 1. The minimum absolute atomic E-state index is 0.0646. The molecule has 3 unspecified atom stereocenters. The van der Waals surface area contributed by atoms with E-state index in [2.05, 4.69) is 51.2 Å². The molecule has 1 saturated heterocycles. The topological polar surface area (TPSA) is 102 Å². The lowest BCUT2D eigenvalue weighted by Crippen LogP contribution is -2.53. The van der Waals surface area contributed by atoms with Crippen molar-refractivity contribution >= 4 is 23.3 Å². The predicted octanol–water partition coefficient (Wildman–Crippen LogP) is 7.08. The number of benzene rings is 2. The Hall–Kier alpha value is -3.42. The lowest BCUT2D eigenvalue weighted by atomic mass is 9.49. The number of nitro benzene ring substituents is 1. The average molecular weight is 590 g/mol. The Balaban J connectivity index is 1.20. The van der Waals surface area contributed by atoms with Crippen molar-refractivity contribution in [1.29, 1.82) is 0 Å². The summed E-state index contributed by atoms with van der Waals surface area (Å²) in [4.78, 5) is 39.1. The molecule has 2 aromatic carbocycles. The van der Waals surface area contributed by atoms with Crippen molar-refractivity contribution in [2.45, 2.75) is 96.8 Å². The maximum atomic E-state index is 12.9. The maximum Gasteiger partial charge on any atom is 0.338 e.